The van der Waals surface area contributed by atoms with E-state index in [0.717, 1.165) is 11.3 Å². The van der Waals surface area contributed by atoms with Crippen LogP contribution in [0.25, 0.3) is 10.6 Å². The molecule has 0 N–H and O–H groups in total. The predicted octanol–water partition coefficient (Wildman–Crippen LogP) is 3.50. The number of hydrogen-bond donors (Lipinski definition) is 0. The largest absolute Gasteiger partial charge is 0.573 e. The summed E-state index contributed by atoms with van der Waals surface area (Å²) in [6, 6.07) is 5.37. The molecule has 2 rings (SSSR count). The monoisotopic (exact) mass is 303 g/mol. The van der Waals surface area contributed by atoms with E-state index in [2.05, 4.69) is 14.5 Å². The van der Waals surface area contributed by atoms with Gasteiger partial charge in [-0.25, -0.2) is 9.78 Å². The Hall–Kier alpha value is -2.09. The van der Waals surface area contributed by atoms with Crippen LogP contribution in [0.2, 0.25) is 0 Å². The van der Waals surface area contributed by atoms with E-state index in [1.165, 1.54) is 31.5 Å². The zero-order valence-electron chi connectivity index (χ0n) is 10.1. The van der Waals surface area contributed by atoms with Gasteiger partial charge in [-0.15, -0.1) is 24.5 Å². The minimum Gasteiger partial charge on any atom is -0.465 e. The molecule has 0 unspecified atom stereocenters. The molecular weight excluding hydrogens is 295 g/mol. The summed E-state index contributed by atoms with van der Waals surface area (Å²) < 4.78 is 44.8. The maximum Gasteiger partial charge on any atom is 0.573 e. The highest BCUT2D eigenvalue weighted by Crippen LogP contribution is 2.30. The molecule has 0 aliphatic rings. The van der Waals surface area contributed by atoms with E-state index in [1.807, 2.05) is 0 Å². The van der Waals surface area contributed by atoms with E-state index in [4.69, 9.17) is 0 Å². The molecule has 1 aromatic heterocycles. The van der Waals surface area contributed by atoms with Gasteiger partial charge in [-0.3, -0.25) is 0 Å². The van der Waals surface area contributed by atoms with Gasteiger partial charge in [0.1, 0.15) is 15.6 Å². The van der Waals surface area contributed by atoms with Crippen LogP contribution in [0.15, 0.2) is 30.5 Å². The van der Waals surface area contributed by atoms with Crippen molar-refractivity contribution in [3.05, 3.63) is 35.3 Å². The van der Waals surface area contributed by atoms with Gasteiger partial charge in [0.05, 0.1) is 13.3 Å². The third-order valence-corrected chi connectivity index (χ3v) is 3.23. The van der Waals surface area contributed by atoms with Gasteiger partial charge >= 0.3 is 12.3 Å². The van der Waals surface area contributed by atoms with Crippen LogP contribution in [0, 0.1) is 0 Å². The lowest BCUT2D eigenvalue weighted by molar-refractivity contribution is -0.274. The first-order valence-corrected chi connectivity index (χ1v) is 6.11. The van der Waals surface area contributed by atoms with Crippen LogP contribution in [0.3, 0.4) is 0 Å². The summed E-state index contributed by atoms with van der Waals surface area (Å²) in [6.45, 7) is 0. The number of alkyl halides is 3. The van der Waals surface area contributed by atoms with E-state index < -0.39 is 12.3 Å². The van der Waals surface area contributed by atoms with Crippen molar-refractivity contribution in [2.24, 2.45) is 0 Å². The van der Waals surface area contributed by atoms with Crippen molar-refractivity contribution in [2.75, 3.05) is 7.11 Å². The molecule has 0 atom stereocenters. The zero-order valence-corrected chi connectivity index (χ0v) is 10.9. The first-order valence-electron chi connectivity index (χ1n) is 5.29. The van der Waals surface area contributed by atoms with E-state index in [9.17, 15) is 18.0 Å². The van der Waals surface area contributed by atoms with Crippen LogP contribution < -0.4 is 4.74 Å². The molecule has 0 aliphatic carbocycles. The summed E-state index contributed by atoms with van der Waals surface area (Å²) in [4.78, 5) is 15.5. The first kappa shape index (κ1) is 14.3. The molecule has 0 saturated carbocycles. The maximum absolute atomic E-state index is 12.1. The molecule has 2 aromatic rings. The molecule has 20 heavy (non-hydrogen) atoms. The Labute approximate surface area is 115 Å². The number of hydrogen-bond acceptors (Lipinski definition) is 5. The minimum absolute atomic E-state index is 0.268. The van der Waals surface area contributed by atoms with Crippen LogP contribution in [-0.2, 0) is 4.74 Å². The normalized spacial score (nSPS) is 11.2. The molecule has 106 valence electrons. The second-order valence-corrected chi connectivity index (χ2v) is 4.63. The van der Waals surface area contributed by atoms with Crippen molar-refractivity contribution in [3.63, 3.8) is 0 Å². The summed E-state index contributed by atoms with van der Waals surface area (Å²) in [5, 5.41) is 0.401. The Morgan fingerprint density at radius 1 is 1.35 bits per heavy atom. The quantitative estimate of drug-likeness (QED) is 0.814. The highest BCUT2D eigenvalue weighted by Gasteiger charge is 2.31. The topological polar surface area (TPSA) is 48.4 Å². The standard InChI is InChI=1S/C12H8F3NO3S/c1-18-11(17)9-6-16-10(20-9)7-3-2-4-8(5-7)19-12(13,14)15/h2-6H,1H3. The van der Waals surface area contributed by atoms with Gasteiger partial charge in [-0.05, 0) is 12.1 Å². The average molecular weight is 303 g/mol. The molecule has 0 saturated heterocycles. The molecule has 1 heterocycles. The van der Waals surface area contributed by atoms with Gasteiger partial charge in [0.15, 0.2) is 0 Å². The number of nitrogens with zero attached hydrogens (tertiary/aromatic N) is 1. The van der Waals surface area contributed by atoms with E-state index in [1.54, 1.807) is 6.07 Å². The number of thiazole rings is 1. The van der Waals surface area contributed by atoms with Crippen molar-refractivity contribution in [1.29, 1.82) is 0 Å². The molecule has 0 amide bonds. The second kappa shape index (κ2) is 5.49. The Morgan fingerprint density at radius 2 is 2.10 bits per heavy atom. The summed E-state index contributed by atoms with van der Waals surface area (Å²) in [5.41, 5.74) is 0.423. The fourth-order valence-corrected chi connectivity index (χ4v) is 2.26. The number of carbonyl (C=O) groups excluding carboxylic acids is 1. The fourth-order valence-electron chi connectivity index (χ4n) is 1.43. The Bertz CT molecular complexity index is 624. The van der Waals surface area contributed by atoms with Gasteiger partial charge in [0, 0.05) is 5.56 Å². The molecule has 4 nitrogen and oxygen atoms in total. The highest BCUT2D eigenvalue weighted by atomic mass is 32.1. The van der Waals surface area contributed by atoms with E-state index in [0.29, 0.717) is 10.6 Å². The van der Waals surface area contributed by atoms with Crippen molar-refractivity contribution in [2.45, 2.75) is 6.36 Å². The summed E-state index contributed by atoms with van der Waals surface area (Å²) in [7, 11) is 1.24. The summed E-state index contributed by atoms with van der Waals surface area (Å²) in [6.07, 6.45) is -3.44. The second-order valence-electron chi connectivity index (χ2n) is 3.60. The first-order chi connectivity index (χ1) is 9.39. The molecule has 0 aliphatic heterocycles. The van der Waals surface area contributed by atoms with Crippen LogP contribution in [0.1, 0.15) is 9.67 Å². The molecule has 0 fully saturated rings. The number of methoxy groups -OCH3 is 1. The van der Waals surface area contributed by atoms with Crippen LogP contribution in [0.4, 0.5) is 13.2 Å². The minimum atomic E-state index is -4.75. The van der Waals surface area contributed by atoms with Crippen LogP contribution >= 0.6 is 11.3 Å². The summed E-state index contributed by atoms with van der Waals surface area (Å²) in [5.74, 6) is -0.888. The Kier molecular flexibility index (Phi) is 3.93. The van der Waals surface area contributed by atoms with Crippen molar-refractivity contribution >= 4 is 17.3 Å². The van der Waals surface area contributed by atoms with Crippen molar-refractivity contribution < 1.29 is 27.4 Å². The van der Waals surface area contributed by atoms with Gasteiger partial charge in [0.25, 0.3) is 0 Å². The average Bonchev–Trinajstić information content (AvgIpc) is 2.85. The van der Waals surface area contributed by atoms with Gasteiger partial charge in [0.2, 0.25) is 0 Å². The smallest absolute Gasteiger partial charge is 0.465 e. The lowest BCUT2D eigenvalue weighted by Crippen LogP contribution is -2.17. The number of aromatic nitrogens is 1. The molecule has 1 aromatic carbocycles. The number of benzene rings is 1. The van der Waals surface area contributed by atoms with Gasteiger partial charge < -0.3 is 9.47 Å². The van der Waals surface area contributed by atoms with E-state index in [-0.39, 0.29) is 10.6 Å². The van der Waals surface area contributed by atoms with Crippen molar-refractivity contribution in [3.8, 4) is 16.3 Å². The molecule has 0 spiro atoms. The van der Waals surface area contributed by atoms with Gasteiger partial charge in [-0.1, -0.05) is 12.1 Å². The van der Waals surface area contributed by atoms with Gasteiger partial charge in [-0.2, -0.15) is 0 Å². The number of ether oxygens (including phenoxy) is 2. The van der Waals surface area contributed by atoms with Crippen LogP contribution in [0.5, 0.6) is 5.75 Å². The maximum atomic E-state index is 12.1. The van der Waals surface area contributed by atoms with E-state index >= 15 is 0 Å². The molecule has 0 radical (unpaired) electrons. The fraction of sp³-hybridized carbons (Fsp3) is 0.167. The van der Waals surface area contributed by atoms with Crippen molar-refractivity contribution in [1.82, 2.24) is 4.98 Å². The lowest BCUT2D eigenvalue weighted by atomic mass is 10.2. The highest BCUT2D eigenvalue weighted by molar-refractivity contribution is 7.16. The molecular formula is C12H8F3NO3S. The Morgan fingerprint density at radius 3 is 2.75 bits per heavy atom. The Balaban J connectivity index is 2.27. The number of rotatable bonds is 3. The molecule has 8 heteroatoms. The summed E-state index contributed by atoms with van der Waals surface area (Å²) >= 11 is 1.02. The predicted molar refractivity (Wildman–Crippen MR) is 65.6 cm³/mol. The third-order valence-electron chi connectivity index (χ3n) is 2.21. The zero-order chi connectivity index (χ0) is 14.8. The lowest BCUT2D eigenvalue weighted by Gasteiger charge is -2.09. The SMILES string of the molecule is COC(=O)c1cnc(-c2cccc(OC(F)(F)F)c2)s1. The number of carbonyl (C=O) groups is 1. The third kappa shape index (κ3) is 3.47. The van der Waals surface area contributed by atoms with Crippen LogP contribution in [-0.4, -0.2) is 24.4 Å². The number of esters is 1. The number of halogens is 3. The molecule has 0 bridgehead atoms.